The Morgan fingerprint density at radius 3 is 2.44 bits per heavy atom. The van der Waals surface area contributed by atoms with Crippen LogP contribution in [0.4, 0.5) is 0 Å². The third-order valence-electron chi connectivity index (χ3n) is 2.96. The summed E-state index contributed by atoms with van der Waals surface area (Å²) in [5.74, 6) is -1.43. The van der Waals surface area contributed by atoms with E-state index in [0.29, 0.717) is 12.8 Å². The second-order valence-corrected chi connectivity index (χ2v) is 4.57. The largest absolute Gasteiger partial charge is 0.481 e. The number of carbonyl (C=O) groups excluding carboxylic acids is 1. The average molecular weight is 248 g/mol. The highest BCUT2D eigenvalue weighted by Gasteiger charge is 2.21. The van der Waals surface area contributed by atoms with Crippen LogP contribution in [0.3, 0.4) is 0 Å². The number of Topliss-reactive ketones (excluding diaryl/α,β-unsaturated/α-hetero) is 1. The molecule has 1 N–H and O–H groups in total. The Hall–Kier alpha value is -1.64. The SMILES string of the molecule is CCCCC(=O)CC(Cc1ccccc1)C(=O)O. The number of carboxylic acids is 1. The molecule has 3 nitrogen and oxygen atoms in total. The van der Waals surface area contributed by atoms with E-state index in [1.165, 1.54) is 0 Å². The van der Waals surface area contributed by atoms with E-state index in [1.54, 1.807) is 0 Å². The number of rotatable bonds is 8. The van der Waals surface area contributed by atoms with Crippen LogP contribution in [0.15, 0.2) is 30.3 Å². The van der Waals surface area contributed by atoms with Gasteiger partial charge < -0.3 is 5.11 Å². The minimum Gasteiger partial charge on any atom is -0.481 e. The van der Waals surface area contributed by atoms with Crippen molar-refractivity contribution in [3.05, 3.63) is 35.9 Å². The lowest BCUT2D eigenvalue weighted by molar-refractivity contribution is -0.143. The highest BCUT2D eigenvalue weighted by Crippen LogP contribution is 2.15. The monoisotopic (exact) mass is 248 g/mol. The summed E-state index contributed by atoms with van der Waals surface area (Å²) in [5.41, 5.74) is 0.966. The van der Waals surface area contributed by atoms with E-state index in [0.717, 1.165) is 18.4 Å². The standard InChI is InChI=1S/C15H20O3/c1-2-3-9-14(16)11-13(15(17)18)10-12-7-5-4-6-8-12/h4-8,13H,2-3,9-11H2,1H3,(H,17,18). The van der Waals surface area contributed by atoms with E-state index in [2.05, 4.69) is 0 Å². The first-order chi connectivity index (χ1) is 8.63. The molecule has 1 unspecified atom stereocenters. The van der Waals surface area contributed by atoms with Crippen LogP contribution in [0.25, 0.3) is 0 Å². The summed E-state index contributed by atoms with van der Waals surface area (Å²) >= 11 is 0. The molecule has 1 aromatic rings. The molecule has 0 aliphatic carbocycles. The molecule has 0 fully saturated rings. The Bertz CT molecular complexity index is 384. The van der Waals surface area contributed by atoms with Gasteiger partial charge in [-0.1, -0.05) is 43.7 Å². The molecule has 0 radical (unpaired) electrons. The van der Waals surface area contributed by atoms with Crippen molar-refractivity contribution in [2.45, 2.75) is 39.0 Å². The maximum atomic E-state index is 11.6. The molecule has 98 valence electrons. The highest BCUT2D eigenvalue weighted by atomic mass is 16.4. The summed E-state index contributed by atoms with van der Waals surface area (Å²) in [7, 11) is 0. The fourth-order valence-corrected chi connectivity index (χ4v) is 1.90. The zero-order valence-corrected chi connectivity index (χ0v) is 10.8. The maximum absolute atomic E-state index is 11.6. The summed E-state index contributed by atoms with van der Waals surface area (Å²) in [4.78, 5) is 22.8. The minimum atomic E-state index is -0.885. The van der Waals surface area contributed by atoms with E-state index in [-0.39, 0.29) is 12.2 Å². The number of hydrogen-bond donors (Lipinski definition) is 1. The van der Waals surface area contributed by atoms with Crippen molar-refractivity contribution in [1.29, 1.82) is 0 Å². The van der Waals surface area contributed by atoms with Gasteiger partial charge in [-0.3, -0.25) is 9.59 Å². The summed E-state index contributed by atoms with van der Waals surface area (Å²) in [5, 5.41) is 9.16. The molecule has 1 aromatic carbocycles. The molecule has 0 amide bonds. The lowest BCUT2D eigenvalue weighted by Crippen LogP contribution is -2.20. The lowest BCUT2D eigenvalue weighted by atomic mass is 9.93. The normalized spacial score (nSPS) is 12.1. The molecule has 0 aliphatic rings. The molecule has 0 aromatic heterocycles. The Labute approximate surface area is 108 Å². The van der Waals surface area contributed by atoms with E-state index in [4.69, 9.17) is 5.11 Å². The van der Waals surface area contributed by atoms with Crippen LogP contribution in [0.5, 0.6) is 0 Å². The van der Waals surface area contributed by atoms with Gasteiger partial charge in [-0.15, -0.1) is 0 Å². The Morgan fingerprint density at radius 2 is 1.89 bits per heavy atom. The molecule has 0 saturated carbocycles. The van der Waals surface area contributed by atoms with Gasteiger partial charge in [-0.05, 0) is 18.4 Å². The van der Waals surface area contributed by atoms with Crippen molar-refractivity contribution in [2.75, 3.05) is 0 Å². The van der Waals surface area contributed by atoms with Gasteiger partial charge >= 0.3 is 5.97 Å². The van der Waals surface area contributed by atoms with Gasteiger partial charge in [0, 0.05) is 12.8 Å². The number of carboxylic acid groups (broad SMARTS) is 1. The molecule has 1 rings (SSSR count). The molecule has 0 bridgehead atoms. The van der Waals surface area contributed by atoms with Gasteiger partial charge in [-0.25, -0.2) is 0 Å². The number of carbonyl (C=O) groups is 2. The third kappa shape index (κ3) is 5.13. The zero-order chi connectivity index (χ0) is 13.4. The van der Waals surface area contributed by atoms with Crippen LogP contribution in [0.1, 0.15) is 38.2 Å². The molecular formula is C15H20O3. The van der Waals surface area contributed by atoms with Crippen molar-refractivity contribution < 1.29 is 14.7 Å². The van der Waals surface area contributed by atoms with Gasteiger partial charge in [-0.2, -0.15) is 0 Å². The van der Waals surface area contributed by atoms with Crippen LogP contribution in [-0.4, -0.2) is 16.9 Å². The van der Waals surface area contributed by atoms with Gasteiger partial charge in [0.1, 0.15) is 5.78 Å². The predicted octanol–water partition coefficient (Wildman–Crippen LogP) is 3.08. The van der Waals surface area contributed by atoms with E-state index in [9.17, 15) is 9.59 Å². The number of benzene rings is 1. The molecular weight excluding hydrogens is 228 g/mol. The van der Waals surface area contributed by atoms with E-state index >= 15 is 0 Å². The molecule has 0 spiro atoms. The fourth-order valence-electron chi connectivity index (χ4n) is 1.90. The summed E-state index contributed by atoms with van der Waals surface area (Å²) < 4.78 is 0. The van der Waals surface area contributed by atoms with Crippen LogP contribution in [-0.2, 0) is 16.0 Å². The lowest BCUT2D eigenvalue weighted by Gasteiger charge is -2.11. The summed E-state index contributed by atoms with van der Waals surface area (Å²) in [6.07, 6.45) is 2.87. The number of hydrogen-bond acceptors (Lipinski definition) is 2. The van der Waals surface area contributed by atoms with Crippen LogP contribution in [0.2, 0.25) is 0 Å². The second kappa shape index (κ2) is 7.64. The van der Waals surface area contributed by atoms with Crippen LogP contribution in [0, 0.1) is 5.92 Å². The van der Waals surface area contributed by atoms with Gasteiger partial charge in [0.05, 0.1) is 5.92 Å². The Balaban J connectivity index is 2.55. The quantitative estimate of drug-likeness (QED) is 0.769. The molecule has 0 saturated heterocycles. The van der Waals surface area contributed by atoms with Crippen LogP contribution >= 0.6 is 0 Å². The van der Waals surface area contributed by atoms with Crippen molar-refractivity contribution in [3.63, 3.8) is 0 Å². The van der Waals surface area contributed by atoms with Crippen molar-refractivity contribution in [3.8, 4) is 0 Å². The average Bonchev–Trinajstić information content (AvgIpc) is 2.36. The van der Waals surface area contributed by atoms with E-state index < -0.39 is 11.9 Å². The topological polar surface area (TPSA) is 54.4 Å². The predicted molar refractivity (Wildman–Crippen MR) is 70.4 cm³/mol. The Kier molecular flexibility index (Phi) is 6.12. The molecule has 3 heteroatoms. The number of unbranched alkanes of at least 4 members (excludes halogenated alkanes) is 1. The first-order valence-corrected chi connectivity index (χ1v) is 6.42. The second-order valence-electron chi connectivity index (χ2n) is 4.57. The molecule has 18 heavy (non-hydrogen) atoms. The minimum absolute atomic E-state index is 0.0557. The smallest absolute Gasteiger partial charge is 0.307 e. The van der Waals surface area contributed by atoms with Crippen molar-refractivity contribution >= 4 is 11.8 Å². The number of aliphatic carboxylic acids is 1. The number of ketones is 1. The third-order valence-corrected chi connectivity index (χ3v) is 2.96. The van der Waals surface area contributed by atoms with E-state index in [1.807, 2.05) is 37.3 Å². The molecule has 0 heterocycles. The molecule has 0 aliphatic heterocycles. The van der Waals surface area contributed by atoms with Gasteiger partial charge in [0.2, 0.25) is 0 Å². The van der Waals surface area contributed by atoms with Crippen molar-refractivity contribution in [1.82, 2.24) is 0 Å². The summed E-state index contributed by atoms with van der Waals surface area (Å²) in [6, 6.07) is 9.45. The van der Waals surface area contributed by atoms with Crippen molar-refractivity contribution in [2.24, 2.45) is 5.92 Å². The highest BCUT2D eigenvalue weighted by molar-refractivity contribution is 5.83. The summed E-state index contributed by atoms with van der Waals surface area (Å²) in [6.45, 7) is 2.02. The first-order valence-electron chi connectivity index (χ1n) is 6.42. The Morgan fingerprint density at radius 1 is 1.22 bits per heavy atom. The molecule has 1 atom stereocenters. The maximum Gasteiger partial charge on any atom is 0.307 e. The van der Waals surface area contributed by atoms with Crippen LogP contribution < -0.4 is 0 Å². The fraction of sp³-hybridized carbons (Fsp3) is 0.467. The zero-order valence-electron chi connectivity index (χ0n) is 10.8. The van der Waals surface area contributed by atoms with Gasteiger partial charge in [0.25, 0.3) is 0 Å². The first kappa shape index (κ1) is 14.4. The van der Waals surface area contributed by atoms with Gasteiger partial charge in [0.15, 0.2) is 0 Å².